The second-order valence-corrected chi connectivity index (χ2v) is 6.41. The molecule has 0 saturated heterocycles. The van der Waals surface area contributed by atoms with Crippen molar-refractivity contribution in [3.63, 3.8) is 0 Å². The van der Waals surface area contributed by atoms with Crippen LogP contribution < -0.4 is 5.32 Å². The van der Waals surface area contributed by atoms with Crippen molar-refractivity contribution in [2.24, 2.45) is 5.92 Å². The van der Waals surface area contributed by atoms with Crippen LogP contribution in [0.5, 0.6) is 0 Å². The third kappa shape index (κ3) is 3.55. The first-order chi connectivity index (χ1) is 9.45. The number of alkyl halides is 2. The summed E-state index contributed by atoms with van der Waals surface area (Å²) < 4.78 is 25.8. The first-order valence-electron chi connectivity index (χ1n) is 6.83. The maximum atomic E-state index is 12.9. The van der Waals surface area contributed by atoms with Crippen LogP contribution in [0.3, 0.4) is 0 Å². The smallest absolute Gasteiger partial charge is 0.287 e. The molecule has 0 aliphatic heterocycles. The van der Waals surface area contributed by atoms with Crippen LogP contribution in [0.2, 0.25) is 0 Å². The molecule has 1 aromatic heterocycles. The first-order valence-corrected chi connectivity index (χ1v) is 7.65. The van der Waals surface area contributed by atoms with Gasteiger partial charge >= 0.3 is 0 Å². The van der Waals surface area contributed by atoms with Crippen molar-refractivity contribution < 1.29 is 18.7 Å². The summed E-state index contributed by atoms with van der Waals surface area (Å²) in [4.78, 5) is 13.5. The molecule has 6 heteroatoms. The Bertz CT molecular complexity index is 488. The minimum absolute atomic E-state index is 0.481. The lowest BCUT2D eigenvalue weighted by Crippen LogP contribution is -2.38. The lowest BCUT2D eigenvalue weighted by atomic mass is 9.87. The molecule has 1 aromatic rings. The van der Waals surface area contributed by atoms with E-state index in [2.05, 4.69) is 12.2 Å². The molecule has 0 saturated carbocycles. The van der Waals surface area contributed by atoms with Crippen LogP contribution in [0, 0.1) is 5.92 Å². The molecule has 3 nitrogen and oxygen atoms in total. The zero-order chi connectivity index (χ0) is 14.8. The zero-order valence-corrected chi connectivity index (χ0v) is 12.2. The summed E-state index contributed by atoms with van der Waals surface area (Å²) >= 11 is 1.39. The number of fused-ring (bicyclic) bond motifs is 1. The number of aliphatic hydroxyl groups excluding tert-OH is 1. The predicted octanol–water partition coefficient (Wildman–Crippen LogP) is 2.62. The molecule has 0 fully saturated rings. The van der Waals surface area contributed by atoms with Gasteiger partial charge in [0, 0.05) is 4.88 Å². The van der Waals surface area contributed by atoms with Crippen LogP contribution >= 0.6 is 11.3 Å². The second kappa shape index (κ2) is 6.18. The van der Waals surface area contributed by atoms with E-state index in [1.54, 1.807) is 0 Å². The molecule has 0 radical (unpaired) electrons. The van der Waals surface area contributed by atoms with E-state index in [0.29, 0.717) is 10.8 Å². The van der Waals surface area contributed by atoms with Gasteiger partial charge in [-0.25, -0.2) is 8.78 Å². The highest BCUT2D eigenvalue weighted by Gasteiger charge is 2.29. The number of carbonyl (C=O) groups excluding carboxylic acids is 1. The normalized spacial score (nSPS) is 18.7. The fraction of sp³-hybridized carbons (Fsp3) is 0.643. The van der Waals surface area contributed by atoms with E-state index in [0.717, 1.165) is 25.7 Å². The molecule has 112 valence electrons. The average Bonchev–Trinajstić information content (AvgIpc) is 2.87. The van der Waals surface area contributed by atoms with Crippen molar-refractivity contribution in [3.8, 4) is 0 Å². The third-order valence-corrected chi connectivity index (χ3v) is 4.96. The van der Waals surface area contributed by atoms with E-state index in [1.807, 2.05) is 6.07 Å². The number of thiophene rings is 1. The van der Waals surface area contributed by atoms with Gasteiger partial charge < -0.3 is 10.4 Å². The van der Waals surface area contributed by atoms with Gasteiger partial charge in [0.25, 0.3) is 11.8 Å². The number of carbonyl (C=O) groups is 1. The zero-order valence-electron chi connectivity index (χ0n) is 11.4. The number of halogens is 2. The van der Waals surface area contributed by atoms with Gasteiger partial charge in [-0.2, -0.15) is 0 Å². The third-order valence-electron chi connectivity index (χ3n) is 3.72. The fourth-order valence-electron chi connectivity index (χ4n) is 2.41. The monoisotopic (exact) mass is 303 g/mol. The van der Waals surface area contributed by atoms with Crippen LogP contribution in [0.15, 0.2) is 6.07 Å². The van der Waals surface area contributed by atoms with Crippen LogP contribution in [-0.2, 0) is 12.8 Å². The van der Waals surface area contributed by atoms with E-state index in [9.17, 15) is 13.6 Å². The van der Waals surface area contributed by atoms with E-state index in [1.165, 1.54) is 21.8 Å². The maximum absolute atomic E-state index is 12.9. The van der Waals surface area contributed by atoms with Gasteiger partial charge in [0.05, 0.1) is 11.4 Å². The molecule has 2 rings (SSSR count). The molecule has 0 spiro atoms. The molecule has 1 aliphatic carbocycles. The van der Waals surface area contributed by atoms with E-state index in [-0.39, 0.29) is 0 Å². The lowest BCUT2D eigenvalue weighted by Gasteiger charge is -2.19. The summed E-state index contributed by atoms with van der Waals surface area (Å²) in [6, 6.07) is 1.83. The highest BCUT2D eigenvalue weighted by Crippen LogP contribution is 2.33. The molecule has 1 atom stereocenters. The molecule has 0 bridgehead atoms. The van der Waals surface area contributed by atoms with Crippen molar-refractivity contribution in [1.82, 2.24) is 5.32 Å². The van der Waals surface area contributed by atoms with Gasteiger partial charge in [-0.1, -0.05) is 13.3 Å². The fourth-order valence-corrected chi connectivity index (χ4v) is 3.54. The lowest BCUT2D eigenvalue weighted by molar-refractivity contribution is -0.0461. The molecular formula is C14H19F2NO2S. The first kappa shape index (κ1) is 15.4. The average molecular weight is 303 g/mol. The van der Waals surface area contributed by atoms with Crippen LogP contribution in [-0.4, -0.2) is 30.1 Å². The van der Waals surface area contributed by atoms with Crippen molar-refractivity contribution in [3.05, 3.63) is 21.4 Å². The van der Waals surface area contributed by atoms with Crippen molar-refractivity contribution in [1.29, 1.82) is 0 Å². The summed E-state index contributed by atoms with van der Waals surface area (Å²) in [6.45, 7) is 0.0709. The standard InChI is InChI=1S/C14H19F2NO2S/c1-2-9-3-4-11-10(5-9)6-12(20-11)13(19)17-7-14(15,16)8-18/h6,9,18H,2-5,7-8H2,1H3,(H,17,19). The number of amides is 1. The van der Waals surface area contributed by atoms with Gasteiger partial charge in [0.1, 0.15) is 6.61 Å². The minimum atomic E-state index is -3.26. The maximum Gasteiger partial charge on any atom is 0.287 e. The Hall–Kier alpha value is -1.01. The molecule has 1 amide bonds. The Morgan fingerprint density at radius 1 is 1.60 bits per heavy atom. The van der Waals surface area contributed by atoms with Gasteiger partial charge in [-0.15, -0.1) is 11.3 Å². The summed E-state index contributed by atoms with van der Waals surface area (Å²) in [7, 11) is 0. The predicted molar refractivity (Wildman–Crippen MR) is 74.5 cm³/mol. The van der Waals surface area contributed by atoms with Gasteiger partial charge in [-0.3, -0.25) is 4.79 Å². The molecule has 20 heavy (non-hydrogen) atoms. The van der Waals surface area contributed by atoms with E-state index in [4.69, 9.17) is 5.11 Å². The van der Waals surface area contributed by atoms with Crippen molar-refractivity contribution >= 4 is 17.2 Å². The van der Waals surface area contributed by atoms with E-state index >= 15 is 0 Å². The number of rotatable bonds is 5. The number of nitrogens with one attached hydrogen (secondary N) is 1. The Labute approximate surface area is 121 Å². The molecule has 1 unspecified atom stereocenters. The highest BCUT2D eigenvalue weighted by atomic mass is 32.1. The number of hydrogen-bond acceptors (Lipinski definition) is 3. The van der Waals surface area contributed by atoms with Crippen molar-refractivity contribution in [2.45, 2.75) is 38.5 Å². The largest absolute Gasteiger partial charge is 0.390 e. The van der Waals surface area contributed by atoms with Gasteiger partial charge in [0.2, 0.25) is 0 Å². The molecule has 0 aromatic carbocycles. The Morgan fingerprint density at radius 3 is 3.00 bits per heavy atom. The Morgan fingerprint density at radius 2 is 2.35 bits per heavy atom. The number of hydrogen-bond donors (Lipinski definition) is 2. The second-order valence-electron chi connectivity index (χ2n) is 5.27. The number of aryl methyl sites for hydroxylation is 1. The minimum Gasteiger partial charge on any atom is -0.390 e. The molecule has 1 aliphatic rings. The quantitative estimate of drug-likeness (QED) is 0.878. The van der Waals surface area contributed by atoms with Gasteiger partial charge in [0.15, 0.2) is 0 Å². The Balaban J connectivity index is 2.00. The summed E-state index contributed by atoms with van der Waals surface area (Å²) in [5, 5.41) is 10.7. The summed E-state index contributed by atoms with van der Waals surface area (Å²) in [5.74, 6) is -3.09. The summed E-state index contributed by atoms with van der Waals surface area (Å²) in [5.41, 5.74) is 1.19. The van der Waals surface area contributed by atoms with Crippen LogP contribution in [0.1, 0.15) is 39.9 Å². The topological polar surface area (TPSA) is 49.3 Å². The highest BCUT2D eigenvalue weighted by molar-refractivity contribution is 7.14. The van der Waals surface area contributed by atoms with E-state index < -0.39 is 25.0 Å². The van der Waals surface area contributed by atoms with Crippen LogP contribution in [0.25, 0.3) is 0 Å². The van der Waals surface area contributed by atoms with Gasteiger partial charge in [-0.05, 0) is 36.8 Å². The molecular weight excluding hydrogens is 284 g/mol. The van der Waals surface area contributed by atoms with Crippen molar-refractivity contribution in [2.75, 3.05) is 13.2 Å². The molecule has 1 heterocycles. The SMILES string of the molecule is CCC1CCc2sc(C(=O)NCC(F)(F)CO)cc2C1. The number of aliphatic hydroxyl groups is 1. The van der Waals surface area contributed by atoms with Crippen LogP contribution in [0.4, 0.5) is 8.78 Å². The molecule has 2 N–H and O–H groups in total. The Kier molecular flexibility index (Phi) is 4.75. The summed E-state index contributed by atoms with van der Waals surface area (Å²) in [6.07, 6.45) is 4.20.